The van der Waals surface area contributed by atoms with Crippen LogP contribution in [0.3, 0.4) is 0 Å². The van der Waals surface area contributed by atoms with Crippen molar-refractivity contribution in [3.05, 3.63) is 0 Å². The Labute approximate surface area is 81.7 Å². The Kier molecular flexibility index (Phi) is 3.46. The molecule has 1 rings (SSSR count). The first-order chi connectivity index (χ1) is 6.45. The summed E-state index contributed by atoms with van der Waals surface area (Å²) in [5.74, 6) is 0. The number of aliphatic hydroxyl groups is 4. The lowest BCUT2D eigenvalue weighted by Gasteiger charge is -2.45. The molecule has 1 aliphatic heterocycles. The summed E-state index contributed by atoms with van der Waals surface area (Å²) in [4.78, 5) is 0. The van der Waals surface area contributed by atoms with Gasteiger partial charge in [-0.15, -0.1) is 0 Å². The molecule has 1 saturated heterocycles. The first kappa shape index (κ1) is 11.8. The molecular formula is C8H16O6. The fraction of sp³-hybridized carbons (Fsp3) is 1.00. The molecule has 0 aromatic heterocycles. The van der Waals surface area contributed by atoms with E-state index in [2.05, 4.69) is 0 Å². The smallest absolute Gasteiger partial charge is 0.184 e. The number of hydrogen-bond acceptors (Lipinski definition) is 6. The van der Waals surface area contributed by atoms with Gasteiger partial charge < -0.3 is 29.9 Å². The van der Waals surface area contributed by atoms with Gasteiger partial charge >= 0.3 is 0 Å². The van der Waals surface area contributed by atoms with Crippen LogP contribution in [0.5, 0.6) is 0 Å². The minimum Gasteiger partial charge on any atom is -0.394 e. The summed E-state index contributed by atoms with van der Waals surface area (Å²) >= 11 is 0. The van der Waals surface area contributed by atoms with E-state index in [0.717, 1.165) is 0 Å². The second-order valence-corrected chi connectivity index (χ2v) is 3.57. The Morgan fingerprint density at radius 2 is 2.00 bits per heavy atom. The first-order valence-electron chi connectivity index (χ1n) is 4.32. The van der Waals surface area contributed by atoms with Crippen molar-refractivity contribution >= 4 is 0 Å². The predicted molar refractivity (Wildman–Crippen MR) is 45.4 cm³/mol. The van der Waals surface area contributed by atoms with Gasteiger partial charge in [-0.3, -0.25) is 0 Å². The fourth-order valence-corrected chi connectivity index (χ4v) is 1.66. The van der Waals surface area contributed by atoms with E-state index in [9.17, 15) is 15.3 Å². The van der Waals surface area contributed by atoms with Gasteiger partial charge in [-0.1, -0.05) is 0 Å². The van der Waals surface area contributed by atoms with Crippen molar-refractivity contribution in [2.75, 3.05) is 13.7 Å². The Morgan fingerprint density at radius 1 is 1.43 bits per heavy atom. The van der Waals surface area contributed by atoms with Gasteiger partial charge in [-0.2, -0.15) is 0 Å². The number of rotatable bonds is 2. The molecule has 0 unspecified atom stereocenters. The van der Waals surface area contributed by atoms with Crippen LogP contribution in [0.2, 0.25) is 0 Å². The lowest BCUT2D eigenvalue weighted by molar-refractivity contribution is -0.321. The zero-order chi connectivity index (χ0) is 10.9. The molecule has 0 aromatic rings. The third-order valence-electron chi connectivity index (χ3n) is 2.53. The summed E-state index contributed by atoms with van der Waals surface area (Å²) in [6, 6.07) is 0. The number of ether oxygens (including phenoxy) is 2. The summed E-state index contributed by atoms with van der Waals surface area (Å²) in [5.41, 5.74) is -1.65. The summed E-state index contributed by atoms with van der Waals surface area (Å²) in [7, 11) is 1.29. The van der Waals surface area contributed by atoms with Crippen LogP contribution >= 0.6 is 0 Å². The molecule has 0 bridgehead atoms. The minimum atomic E-state index is -1.65. The van der Waals surface area contributed by atoms with Gasteiger partial charge in [0.1, 0.15) is 23.9 Å². The Morgan fingerprint density at radius 3 is 2.43 bits per heavy atom. The number of methoxy groups -OCH3 is 1. The normalized spacial score (nSPS) is 49.3. The van der Waals surface area contributed by atoms with Crippen LogP contribution in [0.25, 0.3) is 0 Å². The van der Waals surface area contributed by atoms with Gasteiger partial charge in [-0.25, -0.2) is 0 Å². The Bertz CT molecular complexity index is 194. The molecule has 0 aromatic carbocycles. The highest BCUT2D eigenvalue weighted by Gasteiger charge is 2.52. The van der Waals surface area contributed by atoms with Crippen LogP contribution in [0, 0.1) is 0 Å². The number of aliphatic hydroxyl groups excluding tert-OH is 3. The van der Waals surface area contributed by atoms with Crippen molar-refractivity contribution in [3.8, 4) is 0 Å². The maximum absolute atomic E-state index is 9.85. The van der Waals surface area contributed by atoms with E-state index in [1.165, 1.54) is 14.0 Å². The molecule has 0 saturated carbocycles. The van der Waals surface area contributed by atoms with Gasteiger partial charge in [0.15, 0.2) is 6.29 Å². The predicted octanol–water partition coefficient (Wildman–Crippen LogP) is -2.18. The van der Waals surface area contributed by atoms with Gasteiger partial charge in [0.25, 0.3) is 0 Å². The molecule has 4 N–H and O–H groups in total. The Balaban J connectivity index is 2.85. The fourth-order valence-electron chi connectivity index (χ4n) is 1.66. The molecule has 6 nitrogen and oxygen atoms in total. The SMILES string of the molecule is CO[C@H]1[C@H](O)O[C@@H](CO)[C@@H](O)[C@@]1(C)O. The standard InChI is InChI=1S/C8H16O6/c1-8(12)5(10)4(3-9)14-7(11)6(8)13-2/h4-7,9-12H,3H2,1-2H3/t4-,5+,6-,7+,8+/m0/s1. The van der Waals surface area contributed by atoms with Gasteiger partial charge in [-0.05, 0) is 6.92 Å². The molecule has 0 spiro atoms. The van der Waals surface area contributed by atoms with E-state index in [1.54, 1.807) is 0 Å². The van der Waals surface area contributed by atoms with E-state index in [0.29, 0.717) is 0 Å². The van der Waals surface area contributed by atoms with Crippen molar-refractivity contribution in [1.29, 1.82) is 0 Å². The number of hydrogen-bond donors (Lipinski definition) is 4. The lowest BCUT2D eigenvalue weighted by atomic mass is 9.86. The molecule has 5 atom stereocenters. The molecule has 0 aliphatic carbocycles. The van der Waals surface area contributed by atoms with Crippen LogP contribution in [0.1, 0.15) is 6.92 Å². The average Bonchev–Trinajstić information content (AvgIpc) is 2.12. The highest BCUT2D eigenvalue weighted by Crippen LogP contribution is 2.30. The zero-order valence-electron chi connectivity index (χ0n) is 8.12. The van der Waals surface area contributed by atoms with Crippen LogP contribution in [-0.4, -0.2) is 64.3 Å². The van der Waals surface area contributed by atoms with E-state index >= 15 is 0 Å². The molecule has 1 fully saturated rings. The molecular weight excluding hydrogens is 192 g/mol. The molecule has 1 heterocycles. The lowest BCUT2D eigenvalue weighted by Crippen LogP contribution is -2.66. The topological polar surface area (TPSA) is 99.4 Å². The third kappa shape index (κ3) is 1.77. The second-order valence-electron chi connectivity index (χ2n) is 3.57. The van der Waals surface area contributed by atoms with Gasteiger partial charge in [0.2, 0.25) is 0 Å². The first-order valence-corrected chi connectivity index (χ1v) is 4.32. The second kappa shape index (κ2) is 4.09. The summed E-state index contributed by atoms with van der Waals surface area (Å²) < 4.78 is 9.67. The maximum Gasteiger partial charge on any atom is 0.184 e. The monoisotopic (exact) mass is 208 g/mol. The largest absolute Gasteiger partial charge is 0.394 e. The van der Waals surface area contributed by atoms with Crippen molar-refractivity contribution in [2.45, 2.75) is 37.1 Å². The zero-order valence-corrected chi connectivity index (χ0v) is 8.12. The van der Waals surface area contributed by atoms with E-state index < -0.39 is 36.8 Å². The third-order valence-corrected chi connectivity index (χ3v) is 2.53. The van der Waals surface area contributed by atoms with E-state index in [-0.39, 0.29) is 0 Å². The van der Waals surface area contributed by atoms with Crippen LogP contribution in [0.15, 0.2) is 0 Å². The van der Waals surface area contributed by atoms with E-state index in [1.807, 2.05) is 0 Å². The van der Waals surface area contributed by atoms with Crippen molar-refractivity contribution < 1.29 is 29.9 Å². The van der Waals surface area contributed by atoms with Crippen molar-refractivity contribution in [2.24, 2.45) is 0 Å². The Hall–Kier alpha value is -0.240. The van der Waals surface area contributed by atoms with E-state index in [4.69, 9.17) is 14.6 Å². The van der Waals surface area contributed by atoms with Crippen LogP contribution in [-0.2, 0) is 9.47 Å². The van der Waals surface area contributed by atoms with Gasteiger partial charge in [0.05, 0.1) is 6.61 Å². The van der Waals surface area contributed by atoms with Crippen LogP contribution in [0.4, 0.5) is 0 Å². The maximum atomic E-state index is 9.85. The summed E-state index contributed by atoms with van der Waals surface area (Å²) in [6.07, 6.45) is -4.72. The van der Waals surface area contributed by atoms with Crippen molar-refractivity contribution in [3.63, 3.8) is 0 Å². The minimum absolute atomic E-state index is 0.481. The molecule has 84 valence electrons. The quantitative estimate of drug-likeness (QED) is 0.412. The molecule has 14 heavy (non-hydrogen) atoms. The van der Waals surface area contributed by atoms with Gasteiger partial charge in [0, 0.05) is 7.11 Å². The van der Waals surface area contributed by atoms with Crippen LogP contribution < -0.4 is 0 Å². The summed E-state index contributed by atoms with van der Waals surface area (Å²) in [6.45, 7) is 0.838. The van der Waals surface area contributed by atoms with Crippen molar-refractivity contribution in [1.82, 2.24) is 0 Å². The molecule has 6 heteroatoms. The highest BCUT2D eigenvalue weighted by molar-refractivity contribution is 4.99. The average molecular weight is 208 g/mol. The molecule has 0 amide bonds. The summed E-state index contributed by atoms with van der Waals surface area (Å²) in [5, 5.41) is 37.7. The molecule has 0 radical (unpaired) electrons. The molecule has 1 aliphatic rings. The highest BCUT2D eigenvalue weighted by atomic mass is 16.7.